The maximum Gasteiger partial charge on any atom is 0.339 e. The van der Waals surface area contributed by atoms with E-state index in [2.05, 4.69) is 71.6 Å². The summed E-state index contributed by atoms with van der Waals surface area (Å²) in [6.45, 7) is 28.6. The fourth-order valence-corrected chi connectivity index (χ4v) is 11.3. The fourth-order valence-electron chi connectivity index (χ4n) is 9.06. The Morgan fingerprint density at radius 1 is 0.559 bits per heavy atom. The number of hydrogen-bond donors (Lipinski definition) is 1. The summed E-state index contributed by atoms with van der Waals surface area (Å²) in [4.78, 5) is 11.8. The Kier molecular flexibility index (Phi) is 34.6. The Bertz CT molecular complexity index is 1320. The highest BCUT2D eigenvalue weighted by Gasteiger charge is 2.42. The average molecular weight is 1010 g/mol. The normalized spacial score (nSPS) is 20.4. The Labute approximate surface area is 421 Å². The van der Waals surface area contributed by atoms with Crippen LogP contribution in [0.5, 0.6) is 0 Å². The molecule has 0 aromatic carbocycles. The van der Waals surface area contributed by atoms with Gasteiger partial charge in [0.25, 0.3) is 0 Å². The molecule has 2 aliphatic heterocycles. The smallest absolute Gasteiger partial charge is 0.339 e. The lowest BCUT2D eigenvalue weighted by atomic mass is 10.00. The Morgan fingerprint density at radius 2 is 0.926 bits per heavy atom. The lowest BCUT2D eigenvalue weighted by molar-refractivity contribution is -0.162. The van der Waals surface area contributed by atoms with Crippen LogP contribution in [0.2, 0.25) is 77.1 Å². The van der Waals surface area contributed by atoms with E-state index in [1.54, 1.807) is 13.0 Å². The Balaban J connectivity index is 1.84. The van der Waals surface area contributed by atoms with Crippen LogP contribution in [0, 0.1) is 0 Å². The van der Waals surface area contributed by atoms with Crippen LogP contribution in [0.1, 0.15) is 168 Å². The third-order valence-corrected chi connectivity index (χ3v) is 18.7. The molecule has 10 nitrogen and oxygen atoms in total. The molecule has 0 unspecified atom stereocenters. The molecule has 0 aromatic rings. The third kappa shape index (κ3) is 33.1. The monoisotopic (exact) mass is 1010 g/mol. The van der Waals surface area contributed by atoms with Gasteiger partial charge in [-0.25, -0.2) is 4.79 Å². The first-order valence-electron chi connectivity index (χ1n) is 27.9. The highest BCUT2D eigenvalue weighted by molar-refractivity contribution is 6.76. The third-order valence-electron chi connectivity index (χ3n) is 13.6. The molecule has 0 amide bonds. The van der Waals surface area contributed by atoms with Gasteiger partial charge in [-0.15, -0.1) is 5.73 Å². The molecule has 0 bridgehead atoms. The Hall–Kier alpha value is -0.679. The number of carbonyl (C=O) groups is 1. The van der Waals surface area contributed by atoms with Crippen molar-refractivity contribution in [3.05, 3.63) is 17.4 Å². The van der Waals surface area contributed by atoms with Gasteiger partial charge in [-0.2, -0.15) is 0 Å². The van der Waals surface area contributed by atoms with Crippen LogP contribution < -0.4 is 0 Å². The molecule has 2 aliphatic rings. The number of ether oxygens (including phenoxy) is 8. The van der Waals surface area contributed by atoms with E-state index in [9.17, 15) is 9.90 Å². The molecule has 2 rings (SSSR count). The van der Waals surface area contributed by atoms with Crippen LogP contribution in [-0.4, -0.2) is 118 Å². The molecule has 400 valence electrons. The van der Waals surface area contributed by atoms with Gasteiger partial charge < -0.3 is 43.0 Å². The molecule has 1 N–H and O–H groups in total. The summed E-state index contributed by atoms with van der Waals surface area (Å²) in [5.41, 5.74) is 3.17. The maximum absolute atomic E-state index is 11.8. The molecule has 13 heteroatoms. The van der Waals surface area contributed by atoms with Crippen molar-refractivity contribution in [3.8, 4) is 0 Å². The molecule has 7 atom stereocenters. The van der Waals surface area contributed by atoms with Crippen molar-refractivity contribution in [1.29, 1.82) is 0 Å². The van der Waals surface area contributed by atoms with Crippen molar-refractivity contribution < 1.29 is 47.8 Å². The van der Waals surface area contributed by atoms with Gasteiger partial charge in [0.05, 0.1) is 48.3 Å². The number of hydrogen-bond acceptors (Lipinski definition) is 9. The molecular weight excluding hydrogens is 905 g/mol. The van der Waals surface area contributed by atoms with Gasteiger partial charge in [-0.3, -0.25) is 0 Å². The molecular formula is C55H108O10Si3. The van der Waals surface area contributed by atoms with Gasteiger partial charge in [0, 0.05) is 50.5 Å². The molecule has 0 saturated carbocycles. The second kappa shape index (κ2) is 37.1. The zero-order chi connectivity index (χ0) is 50.1. The number of rotatable bonds is 44. The number of carboxylic acids is 1. The van der Waals surface area contributed by atoms with E-state index in [0.717, 1.165) is 95.6 Å². The summed E-state index contributed by atoms with van der Waals surface area (Å²) in [6, 6.07) is 3.38. The molecule has 68 heavy (non-hydrogen) atoms. The van der Waals surface area contributed by atoms with Gasteiger partial charge in [-0.05, 0) is 76.1 Å². The van der Waals surface area contributed by atoms with E-state index >= 15 is 0 Å². The molecule has 2 heterocycles. The zero-order valence-corrected chi connectivity index (χ0v) is 49.1. The molecule has 0 radical (unpaired) electrons. The Morgan fingerprint density at radius 3 is 1.29 bits per heavy atom. The van der Waals surface area contributed by atoms with Crippen molar-refractivity contribution in [2.24, 2.45) is 0 Å². The predicted octanol–water partition coefficient (Wildman–Crippen LogP) is 15.2. The topological polar surface area (TPSA) is 111 Å². The summed E-state index contributed by atoms with van der Waals surface area (Å²) in [5.74, 6) is -0.930. The molecule has 2 fully saturated rings. The van der Waals surface area contributed by atoms with Gasteiger partial charge in [-0.1, -0.05) is 169 Å². The van der Waals surface area contributed by atoms with E-state index in [4.69, 9.17) is 37.9 Å². The van der Waals surface area contributed by atoms with E-state index in [0.29, 0.717) is 26.6 Å². The standard InChI is InChI=1S/C55H108O10Si3/c1-12-14-15-16-17-21-24-27-31-49(62-45-59-38-41-67(6,7)8)51-33-35-53(64-51)54-36-34-52(65-54)50(63-46-60-39-42-68(9,10)11)32-28-25-22-19-18-20-23-26-30-48(43-47(29-13-2)55(56)57)61-44-58-37-40-66(3,4)5/h13,48-54H,12,14-28,30-46H2,1-11H3,(H,56,57)/t29?,48-,49-,50-,51-,52-,53-,54-/m1/s1. The lowest BCUT2D eigenvalue weighted by Gasteiger charge is -2.28. The number of carboxylic acid groups (broad SMARTS) is 1. The van der Waals surface area contributed by atoms with Crippen molar-refractivity contribution in [2.75, 3.05) is 40.2 Å². The van der Waals surface area contributed by atoms with Crippen molar-refractivity contribution in [2.45, 2.75) is 288 Å². The zero-order valence-electron chi connectivity index (χ0n) is 46.1. The largest absolute Gasteiger partial charge is 0.477 e. The summed E-state index contributed by atoms with van der Waals surface area (Å²) in [7, 11) is -3.51. The van der Waals surface area contributed by atoms with Crippen LogP contribution in [0.3, 0.4) is 0 Å². The van der Waals surface area contributed by atoms with Gasteiger partial charge in [0.1, 0.15) is 20.4 Å². The molecule has 0 spiro atoms. The van der Waals surface area contributed by atoms with Gasteiger partial charge in [0.2, 0.25) is 0 Å². The number of unbranched alkanes of at least 4 members (excludes halogenated alkanes) is 14. The van der Waals surface area contributed by atoms with Crippen LogP contribution >= 0.6 is 0 Å². The fraction of sp³-hybridized carbons (Fsp3) is 0.927. The molecule has 0 aliphatic carbocycles. The quantitative estimate of drug-likeness (QED) is 0.0208. The first-order chi connectivity index (χ1) is 32.4. The minimum atomic E-state index is -1.18. The first-order valence-corrected chi connectivity index (χ1v) is 39.1. The maximum atomic E-state index is 11.8. The summed E-state index contributed by atoms with van der Waals surface area (Å²) < 4.78 is 50.7. The second-order valence-corrected chi connectivity index (χ2v) is 40.7. The van der Waals surface area contributed by atoms with E-state index in [-0.39, 0.29) is 55.1 Å². The first kappa shape index (κ1) is 63.4. The van der Waals surface area contributed by atoms with Crippen LogP contribution in [0.4, 0.5) is 0 Å². The van der Waals surface area contributed by atoms with Crippen molar-refractivity contribution in [1.82, 2.24) is 0 Å². The minimum absolute atomic E-state index is 0.0284. The van der Waals surface area contributed by atoms with Gasteiger partial charge in [0.15, 0.2) is 0 Å². The van der Waals surface area contributed by atoms with E-state index < -0.39 is 30.2 Å². The van der Waals surface area contributed by atoms with Crippen LogP contribution in [0.25, 0.3) is 0 Å². The van der Waals surface area contributed by atoms with Crippen LogP contribution in [-0.2, 0) is 42.7 Å². The average Bonchev–Trinajstić information content (AvgIpc) is 3.96. The lowest BCUT2D eigenvalue weighted by Crippen LogP contribution is -2.35. The summed E-state index contributed by atoms with van der Waals surface area (Å²) in [5, 5.41) is 9.69. The minimum Gasteiger partial charge on any atom is -0.477 e. The van der Waals surface area contributed by atoms with Crippen molar-refractivity contribution in [3.63, 3.8) is 0 Å². The summed E-state index contributed by atoms with van der Waals surface area (Å²) >= 11 is 0. The number of aliphatic carboxylic acids is 1. The molecule has 2 saturated heterocycles. The molecule has 0 aromatic heterocycles. The summed E-state index contributed by atoms with van der Waals surface area (Å²) in [6.07, 6.45) is 28.9. The van der Waals surface area contributed by atoms with Crippen molar-refractivity contribution >= 4 is 30.2 Å². The second-order valence-electron chi connectivity index (χ2n) is 23.9. The predicted molar refractivity (Wildman–Crippen MR) is 290 cm³/mol. The SMILES string of the molecule is CC=C=C(C[C@@H](CCCCCCCCCC[C@@H](OCOCC[Si](C)(C)C)[C@H]1CC[C@H]([C@H]2CC[C@H]([C@@H](CCCCCCCCCC)OCOCC[Si](C)(C)C)O2)O1)OCOCC[Si](C)(C)C)C(=O)O. The highest BCUT2D eigenvalue weighted by Crippen LogP contribution is 2.36. The van der Waals surface area contributed by atoms with E-state index in [1.807, 2.05) is 0 Å². The highest BCUT2D eigenvalue weighted by atomic mass is 28.3. The van der Waals surface area contributed by atoms with E-state index in [1.165, 1.54) is 83.5 Å². The van der Waals surface area contributed by atoms with Gasteiger partial charge >= 0.3 is 5.97 Å². The van der Waals surface area contributed by atoms with Crippen LogP contribution in [0.15, 0.2) is 17.4 Å².